The maximum Gasteiger partial charge on any atom is 0.314 e. The minimum absolute atomic E-state index is 0.0445. The Morgan fingerprint density at radius 3 is 2.58 bits per heavy atom. The second-order valence-electron chi connectivity index (χ2n) is 4.66. The predicted octanol–water partition coefficient (Wildman–Crippen LogP) is 1.87. The lowest BCUT2D eigenvalue weighted by Gasteiger charge is -2.26. The first kappa shape index (κ1) is 15.4. The van der Waals surface area contributed by atoms with Gasteiger partial charge in [0.15, 0.2) is 0 Å². The quantitative estimate of drug-likeness (QED) is 0.826. The molecule has 0 aliphatic carbocycles. The zero-order chi connectivity index (χ0) is 14.3. The molecular weight excluding hydrogens is 245 g/mol. The minimum Gasteiger partial charge on any atom is -0.336 e. The molecule has 2 amide bonds. The molecule has 1 atom stereocenters. The van der Waals surface area contributed by atoms with E-state index in [-0.39, 0.29) is 18.6 Å². The normalized spacial score (nSPS) is 12.3. The molecule has 0 heterocycles. The highest BCUT2D eigenvalue weighted by Gasteiger charge is 2.16. The topological polar surface area (TPSA) is 44.4 Å². The van der Waals surface area contributed by atoms with Crippen molar-refractivity contribution in [3.05, 3.63) is 35.4 Å². The highest BCUT2D eigenvalue weighted by atomic mass is 19.1. The Morgan fingerprint density at radius 1 is 1.32 bits per heavy atom. The molecule has 0 unspecified atom stereocenters. The van der Waals surface area contributed by atoms with Crippen molar-refractivity contribution in [3.8, 4) is 0 Å². The third-order valence-electron chi connectivity index (χ3n) is 3.01. The van der Waals surface area contributed by atoms with E-state index < -0.39 is 6.67 Å². The van der Waals surface area contributed by atoms with Crippen LogP contribution in [0, 0.1) is 6.92 Å². The smallest absolute Gasteiger partial charge is 0.314 e. The van der Waals surface area contributed by atoms with E-state index in [1.807, 2.05) is 26.2 Å². The highest BCUT2D eigenvalue weighted by molar-refractivity contribution is 5.73. The Morgan fingerprint density at radius 2 is 2.00 bits per heavy atom. The van der Waals surface area contributed by atoms with Crippen molar-refractivity contribution < 1.29 is 9.18 Å². The van der Waals surface area contributed by atoms with Gasteiger partial charge in [0.05, 0.1) is 6.04 Å². The van der Waals surface area contributed by atoms with Crippen molar-refractivity contribution in [2.24, 2.45) is 0 Å². The summed E-state index contributed by atoms with van der Waals surface area (Å²) in [5.41, 5.74) is 2.37. The molecule has 1 aromatic carbocycles. The molecule has 0 aromatic heterocycles. The maximum atomic E-state index is 11.9. The first-order valence-corrected chi connectivity index (χ1v) is 6.36. The van der Waals surface area contributed by atoms with E-state index in [4.69, 9.17) is 0 Å². The van der Waals surface area contributed by atoms with Crippen molar-refractivity contribution in [1.29, 1.82) is 0 Å². The molecule has 0 fully saturated rings. The van der Waals surface area contributed by atoms with Gasteiger partial charge in [-0.1, -0.05) is 24.3 Å². The SMILES string of the molecule is Cc1ccccc1[C@@H](CNC(=O)NCCF)N(C)C. The Hall–Kier alpha value is -1.62. The number of likely N-dealkylation sites (N-methyl/N-ethyl adjacent to an activating group) is 1. The summed E-state index contributed by atoms with van der Waals surface area (Å²) < 4.78 is 11.9. The fourth-order valence-corrected chi connectivity index (χ4v) is 1.94. The average Bonchev–Trinajstić information content (AvgIpc) is 2.38. The number of urea groups is 1. The van der Waals surface area contributed by atoms with Gasteiger partial charge >= 0.3 is 6.03 Å². The molecule has 106 valence electrons. The lowest BCUT2D eigenvalue weighted by atomic mass is 10.0. The number of aryl methyl sites for hydroxylation is 1. The maximum absolute atomic E-state index is 11.9. The summed E-state index contributed by atoms with van der Waals surface area (Å²) in [4.78, 5) is 13.5. The monoisotopic (exact) mass is 267 g/mol. The van der Waals surface area contributed by atoms with Crippen molar-refractivity contribution >= 4 is 6.03 Å². The van der Waals surface area contributed by atoms with Crippen LogP contribution < -0.4 is 10.6 Å². The summed E-state index contributed by atoms with van der Waals surface area (Å²) in [7, 11) is 3.94. The summed E-state index contributed by atoms with van der Waals surface area (Å²) in [5.74, 6) is 0. The number of hydrogen-bond donors (Lipinski definition) is 2. The van der Waals surface area contributed by atoms with Gasteiger partial charge in [-0.2, -0.15) is 0 Å². The van der Waals surface area contributed by atoms with Gasteiger partial charge in [-0.3, -0.25) is 0 Å². The average molecular weight is 267 g/mol. The van der Waals surface area contributed by atoms with Gasteiger partial charge in [-0.15, -0.1) is 0 Å². The van der Waals surface area contributed by atoms with E-state index in [9.17, 15) is 9.18 Å². The van der Waals surface area contributed by atoms with Gasteiger partial charge in [0, 0.05) is 13.1 Å². The fraction of sp³-hybridized carbons (Fsp3) is 0.500. The highest BCUT2D eigenvalue weighted by Crippen LogP contribution is 2.20. The number of alkyl halides is 1. The Balaban J connectivity index is 2.64. The number of amides is 2. The van der Waals surface area contributed by atoms with Gasteiger partial charge in [0.2, 0.25) is 0 Å². The van der Waals surface area contributed by atoms with Crippen molar-refractivity contribution in [2.45, 2.75) is 13.0 Å². The van der Waals surface area contributed by atoms with Gasteiger partial charge in [-0.25, -0.2) is 9.18 Å². The van der Waals surface area contributed by atoms with E-state index in [1.54, 1.807) is 0 Å². The largest absolute Gasteiger partial charge is 0.336 e. The van der Waals surface area contributed by atoms with Gasteiger partial charge in [0.25, 0.3) is 0 Å². The van der Waals surface area contributed by atoms with Crippen LogP contribution in [0.5, 0.6) is 0 Å². The first-order chi connectivity index (χ1) is 9.06. The van der Waals surface area contributed by atoms with E-state index in [0.717, 1.165) is 0 Å². The lowest BCUT2D eigenvalue weighted by molar-refractivity contribution is 0.231. The molecule has 0 aliphatic heterocycles. The van der Waals surface area contributed by atoms with Crippen LogP contribution in [0.3, 0.4) is 0 Å². The molecule has 1 rings (SSSR count). The summed E-state index contributed by atoms with van der Waals surface area (Å²) in [5, 5.41) is 5.22. The van der Waals surface area contributed by atoms with E-state index in [0.29, 0.717) is 6.54 Å². The number of rotatable bonds is 6. The number of halogens is 1. The van der Waals surface area contributed by atoms with Gasteiger partial charge < -0.3 is 15.5 Å². The molecule has 5 heteroatoms. The van der Waals surface area contributed by atoms with Crippen molar-refractivity contribution in [3.63, 3.8) is 0 Å². The van der Waals surface area contributed by atoms with Crippen molar-refractivity contribution in [2.75, 3.05) is 33.9 Å². The second-order valence-corrected chi connectivity index (χ2v) is 4.66. The summed E-state index contributed by atoms with van der Waals surface area (Å²) in [6.45, 7) is 2.02. The molecule has 0 radical (unpaired) electrons. The van der Waals surface area contributed by atoms with E-state index in [2.05, 4.69) is 34.6 Å². The number of nitrogens with zero attached hydrogens (tertiary/aromatic N) is 1. The van der Waals surface area contributed by atoms with E-state index in [1.165, 1.54) is 11.1 Å². The lowest BCUT2D eigenvalue weighted by Crippen LogP contribution is -2.41. The molecule has 0 saturated heterocycles. The molecule has 0 bridgehead atoms. The number of carbonyl (C=O) groups is 1. The minimum atomic E-state index is -0.553. The Bertz CT molecular complexity index is 409. The molecule has 0 aliphatic rings. The Kier molecular flexibility index (Phi) is 6.29. The standard InChI is InChI=1S/C14H22FN3O/c1-11-6-4-5-7-12(11)13(18(2)3)10-17-14(19)16-9-8-15/h4-7,13H,8-10H2,1-3H3,(H2,16,17,19)/t13-/m1/s1. The van der Waals surface area contributed by atoms with Crippen LogP contribution in [-0.2, 0) is 0 Å². The summed E-state index contributed by atoms with van der Waals surface area (Å²) >= 11 is 0. The zero-order valence-corrected chi connectivity index (χ0v) is 11.7. The molecule has 4 nitrogen and oxygen atoms in total. The Labute approximate surface area is 114 Å². The summed E-state index contributed by atoms with van der Waals surface area (Å²) in [6.07, 6.45) is 0. The fourth-order valence-electron chi connectivity index (χ4n) is 1.94. The zero-order valence-electron chi connectivity index (χ0n) is 11.7. The van der Waals surface area contributed by atoms with Crippen LogP contribution in [0.25, 0.3) is 0 Å². The molecule has 2 N–H and O–H groups in total. The number of carbonyl (C=O) groups excluding carboxylic acids is 1. The molecule has 0 saturated carbocycles. The van der Waals surface area contributed by atoms with Crippen LogP contribution in [0.1, 0.15) is 17.2 Å². The third kappa shape index (κ3) is 4.87. The van der Waals surface area contributed by atoms with Crippen LogP contribution >= 0.6 is 0 Å². The van der Waals surface area contributed by atoms with Crippen LogP contribution in [0.4, 0.5) is 9.18 Å². The first-order valence-electron chi connectivity index (χ1n) is 6.36. The van der Waals surface area contributed by atoms with Crippen LogP contribution in [-0.4, -0.2) is 44.8 Å². The van der Waals surface area contributed by atoms with Crippen LogP contribution in [0.2, 0.25) is 0 Å². The van der Waals surface area contributed by atoms with Gasteiger partial charge in [-0.05, 0) is 32.1 Å². The predicted molar refractivity (Wildman–Crippen MR) is 75.0 cm³/mol. The van der Waals surface area contributed by atoms with Crippen molar-refractivity contribution in [1.82, 2.24) is 15.5 Å². The van der Waals surface area contributed by atoms with E-state index >= 15 is 0 Å². The van der Waals surface area contributed by atoms with Crippen LogP contribution in [0.15, 0.2) is 24.3 Å². The van der Waals surface area contributed by atoms with Gasteiger partial charge in [0.1, 0.15) is 6.67 Å². The number of benzene rings is 1. The summed E-state index contributed by atoms with van der Waals surface area (Å²) in [6, 6.07) is 7.85. The molecular formula is C14H22FN3O. The number of nitrogens with one attached hydrogen (secondary N) is 2. The molecule has 1 aromatic rings. The second kappa shape index (κ2) is 7.74. The number of hydrogen-bond acceptors (Lipinski definition) is 2. The molecule has 19 heavy (non-hydrogen) atoms. The molecule has 0 spiro atoms. The third-order valence-corrected chi connectivity index (χ3v) is 3.01.